The van der Waals surface area contributed by atoms with Gasteiger partial charge < -0.3 is 15.4 Å². The van der Waals surface area contributed by atoms with Gasteiger partial charge in [-0.2, -0.15) is 0 Å². The zero-order valence-electron chi connectivity index (χ0n) is 19.4. The Kier molecular flexibility index (Phi) is 8.26. The standard InChI is InChI=1S/C22H22N6O2S.C2H6/c1-13-12-31-20-18(13)27-22(25-14(2)16-8-4-5-10-23-16)28-19(20)21(29)24-11-15-7-6-9-17(26-15)30-3;1-2/h4-10,12,14H,11H2,1-3H3,(H,24,29)(H,25,27,28);1-2H3/t14-;/m0./s1. The van der Waals surface area contributed by atoms with Crippen LogP contribution in [0.5, 0.6) is 5.88 Å². The number of hydrogen-bond acceptors (Lipinski definition) is 8. The lowest BCUT2D eigenvalue weighted by atomic mass is 10.2. The Morgan fingerprint density at radius 3 is 2.67 bits per heavy atom. The van der Waals surface area contributed by atoms with Crippen LogP contribution >= 0.6 is 11.3 Å². The third-order valence-corrected chi connectivity index (χ3v) is 5.80. The van der Waals surface area contributed by atoms with Gasteiger partial charge >= 0.3 is 0 Å². The Hall–Kier alpha value is -3.59. The summed E-state index contributed by atoms with van der Waals surface area (Å²) in [7, 11) is 1.56. The normalized spacial score (nSPS) is 11.3. The largest absolute Gasteiger partial charge is 0.481 e. The maximum atomic E-state index is 13.0. The second kappa shape index (κ2) is 11.3. The van der Waals surface area contributed by atoms with Crippen molar-refractivity contribution in [1.29, 1.82) is 0 Å². The summed E-state index contributed by atoms with van der Waals surface area (Å²) in [6, 6.07) is 11.0. The highest BCUT2D eigenvalue weighted by Crippen LogP contribution is 2.28. The Morgan fingerprint density at radius 2 is 1.94 bits per heavy atom. The number of aromatic nitrogens is 4. The van der Waals surface area contributed by atoms with Crippen LogP contribution in [0.1, 0.15) is 54.3 Å². The molecule has 0 saturated heterocycles. The van der Waals surface area contributed by atoms with E-state index in [-0.39, 0.29) is 18.5 Å². The van der Waals surface area contributed by atoms with Crippen molar-refractivity contribution in [3.05, 3.63) is 70.6 Å². The van der Waals surface area contributed by atoms with E-state index in [9.17, 15) is 4.79 Å². The number of nitrogens with one attached hydrogen (secondary N) is 2. The first-order valence-electron chi connectivity index (χ1n) is 10.8. The van der Waals surface area contributed by atoms with Gasteiger partial charge in [0.1, 0.15) is 0 Å². The van der Waals surface area contributed by atoms with Crippen LogP contribution in [-0.2, 0) is 6.54 Å². The first kappa shape index (κ1) is 24.1. The Bertz CT molecular complexity index is 1210. The Labute approximate surface area is 197 Å². The number of methoxy groups -OCH3 is 1. The summed E-state index contributed by atoms with van der Waals surface area (Å²) in [6.45, 7) is 8.21. The molecule has 172 valence electrons. The number of carbonyl (C=O) groups excluding carboxylic acids is 1. The van der Waals surface area contributed by atoms with Gasteiger partial charge in [0.05, 0.1) is 41.3 Å². The van der Waals surface area contributed by atoms with Gasteiger partial charge in [0.2, 0.25) is 11.8 Å². The molecule has 33 heavy (non-hydrogen) atoms. The van der Waals surface area contributed by atoms with Gasteiger partial charge in [-0.1, -0.05) is 26.0 Å². The van der Waals surface area contributed by atoms with Crippen LogP contribution in [-0.4, -0.2) is 33.0 Å². The van der Waals surface area contributed by atoms with Gasteiger partial charge in [-0.05, 0) is 43.0 Å². The van der Waals surface area contributed by atoms with Gasteiger partial charge in [0.25, 0.3) is 5.91 Å². The van der Waals surface area contributed by atoms with E-state index in [1.807, 2.05) is 63.4 Å². The molecule has 2 N–H and O–H groups in total. The first-order chi connectivity index (χ1) is 16.0. The summed E-state index contributed by atoms with van der Waals surface area (Å²) in [5, 5.41) is 8.14. The van der Waals surface area contributed by atoms with Crippen molar-refractivity contribution in [2.75, 3.05) is 12.4 Å². The minimum Gasteiger partial charge on any atom is -0.481 e. The van der Waals surface area contributed by atoms with Gasteiger partial charge in [-0.15, -0.1) is 11.3 Å². The SMILES string of the molecule is CC.COc1cccc(CNC(=O)c2nc(N[C@@H](C)c3ccccn3)nc3c(C)csc23)n1. The van der Waals surface area contributed by atoms with Crippen LogP contribution in [0.3, 0.4) is 0 Å². The van der Waals surface area contributed by atoms with E-state index in [1.165, 1.54) is 11.3 Å². The molecule has 0 saturated carbocycles. The minimum atomic E-state index is -0.285. The lowest BCUT2D eigenvalue weighted by molar-refractivity contribution is 0.0947. The van der Waals surface area contributed by atoms with Crippen molar-refractivity contribution in [3.8, 4) is 5.88 Å². The highest BCUT2D eigenvalue weighted by atomic mass is 32.1. The van der Waals surface area contributed by atoms with E-state index in [2.05, 4.69) is 30.6 Å². The molecule has 4 aromatic heterocycles. The molecule has 0 aromatic carbocycles. The van der Waals surface area contributed by atoms with Gasteiger partial charge in [-0.3, -0.25) is 9.78 Å². The number of fused-ring (bicyclic) bond motifs is 1. The van der Waals surface area contributed by atoms with Crippen molar-refractivity contribution in [2.45, 2.75) is 40.3 Å². The predicted molar refractivity (Wildman–Crippen MR) is 132 cm³/mol. The quantitative estimate of drug-likeness (QED) is 0.400. The van der Waals surface area contributed by atoms with E-state index >= 15 is 0 Å². The van der Waals surface area contributed by atoms with Crippen LogP contribution in [0.25, 0.3) is 10.2 Å². The molecule has 4 rings (SSSR count). The predicted octanol–water partition coefficient (Wildman–Crippen LogP) is 4.93. The number of amides is 1. The molecule has 0 radical (unpaired) electrons. The average molecular weight is 465 g/mol. The molecule has 0 bridgehead atoms. The van der Waals surface area contributed by atoms with E-state index in [0.717, 1.165) is 21.5 Å². The second-order valence-electron chi connectivity index (χ2n) is 6.97. The summed E-state index contributed by atoms with van der Waals surface area (Å²) in [4.78, 5) is 30.9. The Balaban J connectivity index is 0.00000149. The van der Waals surface area contributed by atoms with E-state index in [0.29, 0.717) is 23.2 Å². The Morgan fingerprint density at radius 1 is 1.12 bits per heavy atom. The topological polar surface area (TPSA) is 102 Å². The number of carbonyl (C=O) groups is 1. The number of thiophene rings is 1. The summed E-state index contributed by atoms with van der Waals surface area (Å²) in [5.41, 5.74) is 3.66. The number of anilines is 1. The number of nitrogens with zero attached hydrogens (tertiary/aromatic N) is 4. The van der Waals surface area contributed by atoms with Crippen molar-refractivity contribution in [1.82, 2.24) is 25.3 Å². The number of hydrogen-bond donors (Lipinski definition) is 2. The number of aryl methyl sites for hydroxylation is 1. The number of ether oxygens (including phenoxy) is 1. The van der Waals surface area contributed by atoms with E-state index in [1.54, 1.807) is 19.4 Å². The molecular formula is C24H28N6O2S. The average Bonchev–Trinajstić information content (AvgIpc) is 3.24. The summed E-state index contributed by atoms with van der Waals surface area (Å²) < 4.78 is 5.89. The zero-order valence-corrected chi connectivity index (χ0v) is 20.2. The van der Waals surface area contributed by atoms with Crippen LogP contribution in [0.2, 0.25) is 0 Å². The maximum absolute atomic E-state index is 13.0. The minimum absolute atomic E-state index is 0.116. The summed E-state index contributed by atoms with van der Waals surface area (Å²) >= 11 is 1.46. The van der Waals surface area contributed by atoms with Gasteiger partial charge in [0.15, 0.2) is 5.69 Å². The van der Waals surface area contributed by atoms with Crippen LogP contribution < -0.4 is 15.4 Å². The molecule has 9 heteroatoms. The lowest BCUT2D eigenvalue weighted by Crippen LogP contribution is -2.25. The molecule has 0 unspecified atom stereocenters. The third-order valence-electron chi connectivity index (χ3n) is 4.71. The van der Waals surface area contributed by atoms with E-state index < -0.39 is 0 Å². The molecule has 4 heterocycles. The lowest BCUT2D eigenvalue weighted by Gasteiger charge is -2.14. The number of rotatable bonds is 7. The smallest absolute Gasteiger partial charge is 0.271 e. The van der Waals surface area contributed by atoms with Crippen LogP contribution in [0, 0.1) is 6.92 Å². The van der Waals surface area contributed by atoms with Gasteiger partial charge in [-0.25, -0.2) is 15.0 Å². The fraction of sp³-hybridized carbons (Fsp3) is 0.292. The molecule has 0 fully saturated rings. The third kappa shape index (κ3) is 5.81. The molecule has 0 aliphatic rings. The highest BCUT2D eigenvalue weighted by molar-refractivity contribution is 7.17. The zero-order chi connectivity index (χ0) is 23.8. The molecule has 0 spiro atoms. The molecule has 0 aliphatic heterocycles. The molecule has 1 atom stereocenters. The van der Waals surface area contributed by atoms with Crippen molar-refractivity contribution in [3.63, 3.8) is 0 Å². The second-order valence-corrected chi connectivity index (χ2v) is 7.85. The van der Waals surface area contributed by atoms with Crippen LogP contribution in [0.4, 0.5) is 5.95 Å². The van der Waals surface area contributed by atoms with Crippen LogP contribution in [0.15, 0.2) is 48.0 Å². The number of pyridine rings is 2. The first-order valence-corrected chi connectivity index (χ1v) is 11.6. The van der Waals surface area contributed by atoms with Gasteiger partial charge in [0, 0.05) is 12.3 Å². The molecular weight excluding hydrogens is 436 g/mol. The fourth-order valence-corrected chi connectivity index (χ4v) is 4.05. The highest BCUT2D eigenvalue weighted by Gasteiger charge is 2.19. The molecule has 4 aromatic rings. The summed E-state index contributed by atoms with van der Waals surface area (Å²) in [5.74, 6) is 0.601. The fourth-order valence-electron chi connectivity index (χ4n) is 3.07. The molecule has 1 amide bonds. The monoisotopic (exact) mass is 464 g/mol. The molecule has 8 nitrogen and oxygen atoms in total. The summed E-state index contributed by atoms with van der Waals surface area (Å²) in [6.07, 6.45) is 1.74. The van der Waals surface area contributed by atoms with Crippen molar-refractivity contribution >= 4 is 33.4 Å². The van der Waals surface area contributed by atoms with Crippen molar-refractivity contribution in [2.24, 2.45) is 0 Å². The van der Waals surface area contributed by atoms with Crippen molar-refractivity contribution < 1.29 is 9.53 Å². The maximum Gasteiger partial charge on any atom is 0.271 e. The molecule has 0 aliphatic carbocycles. The van der Waals surface area contributed by atoms with E-state index in [4.69, 9.17) is 4.74 Å².